The lowest BCUT2D eigenvalue weighted by Crippen LogP contribution is -2.68. The van der Waals surface area contributed by atoms with Gasteiger partial charge in [-0.25, -0.2) is 0 Å². The van der Waals surface area contributed by atoms with Crippen LogP contribution in [-0.2, 0) is 9.53 Å². The second kappa shape index (κ2) is 8.83. The van der Waals surface area contributed by atoms with E-state index in [2.05, 4.69) is 23.6 Å². The highest BCUT2D eigenvalue weighted by molar-refractivity contribution is 5.79. The average molecular weight is 387 g/mol. The van der Waals surface area contributed by atoms with Gasteiger partial charge in [-0.15, -0.1) is 0 Å². The summed E-state index contributed by atoms with van der Waals surface area (Å²) in [4.78, 5) is 17.5. The Balaban J connectivity index is 1.35. The number of likely N-dealkylation sites (tertiary alicyclic amines) is 2. The molecule has 1 amide bonds. The molecule has 28 heavy (non-hydrogen) atoms. The Morgan fingerprint density at radius 1 is 1.07 bits per heavy atom. The quantitative estimate of drug-likeness (QED) is 0.779. The molecule has 3 aliphatic heterocycles. The fraction of sp³-hybridized carbons (Fsp3) is 0.696. The highest BCUT2D eigenvalue weighted by Crippen LogP contribution is 2.36. The molecule has 3 saturated heterocycles. The Labute approximate surface area is 169 Å². The lowest BCUT2D eigenvalue weighted by molar-refractivity contribution is -0.142. The number of rotatable bonds is 5. The fourth-order valence-electron chi connectivity index (χ4n) is 5.09. The average Bonchev–Trinajstić information content (AvgIpc) is 2.72. The number of nitrogens with zero attached hydrogens (tertiary/aromatic N) is 2. The topological polar surface area (TPSA) is 42.0 Å². The molecule has 3 aliphatic rings. The normalized spacial score (nSPS) is 27.6. The first kappa shape index (κ1) is 19.7. The van der Waals surface area contributed by atoms with Crippen molar-refractivity contribution in [1.82, 2.24) is 9.80 Å². The molecule has 0 radical (unpaired) electrons. The summed E-state index contributed by atoms with van der Waals surface area (Å²) < 4.78 is 11.7. The molecule has 1 aromatic rings. The third kappa shape index (κ3) is 4.20. The third-order valence-electron chi connectivity index (χ3n) is 6.75. The van der Waals surface area contributed by atoms with Gasteiger partial charge in [-0.05, 0) is 57.6 Å². The number of amides is 1. The molecule has 0 N–H and O–H groups in total. The summed E-state index contributed by atoms with van der Waals surface area (Å²) in [6.45, 7) is 8.79. The first-order valence-corrected chi connectivity index (χ1v) is 11.0. The number of hydrogen-bond acceptors (Lipinski definition) is 4. The van der Waals surface area contributed by atoms with Crippen molar-refractivity contribution < 1.29 is 14.3 Å². The minimum absolute atomic E-state index is 0.176. The molecular formula is C23H34N2O3. The van der Waals surface area contributed by atoms with Crippen LogP contribution in [0.4, 0.5) is 0 Å². The van der Waals surface area contributed by atoms with E-state index >= 15 is 0 Å². The predicted octanol–water partition coefficient (Wildman–Crippen LogP) is 3.19. The number of benzene rings is 1. The first-order valence-electron chi connectivity index (χ1n) is 11.0. The van der Waals surface area contributed by atoms with Crippen molar-refractivity contribution in [2.24, 2.45) is 11.8 Å². The number of para-hydroxylation sites is 1. The van der Waals surface area contributed by atoms with Crippen LogP contribution in [0.25, 0.3) is 0 Å². The highest BCUT2D eigenvalue weighted by atomic mass is 16.5. The zero-order valence-corrected chi connectivity index (χ0v) is 17.3. The SMILES string of the molecule is CC(C)N1CC(Oc2ccccc2)C1C1CCN(C(=O)C2CCOCC2)CC1. The van der Waals surface area contributed by atoms with Crippen LogP contribution in [0.5, 0.6) is 5.75 Å². The van der Waals surface area contributed by atoms with E-state index < -0.39 is 0 Å². The molecule has 3 heterocycles. The highest BCUT2D eigenvalue weighted by Gasteiger charge is 2.47. The van der Waals surface area contributed by atoms with Crippen molar-refractivity contribution in [2.45, 2.75) is 57.7 Å². The van der Waals surface area contributed by atoms with Gasteiger partial charge in [0.2, 0.25) is 5.91 Å². The van der Waals surface area contributed by atoms with Crippen LogP contribution in [0.15, 0.2) is 30.3 Å². The number of piperidine rings is 1. The predicted molar refractivity (Wildman–Crippen MR) is 109 cm³/mol. The molecule has 2 unspecified atom stereocenters. The lowest BCUT2D eigenvalue weighted by Gasteiger charge is -2.54. The third-order valence-corrected chi connectivity index (χ3v) is 6.75. The number of hydrogen-bond donors (Lipinski definition) is 0. The summed E-state index contributed by atoms with van der Waals surface area (Å²) in [5.41, 5.74) is 0. The second-order valence-corrected chi connectivity index (χ2v) is 8.80. The van der Waals surface area contributed by atoms with Gasteiger partial charge in [0, 0.05) is 44.8 Å². The van der Waals surface area contributed by atoms with Gasteiger partial charge in [0.25, 0.3) is 0 Å². The van der Waals surface area contributed by atoms with Crippen molar-refractivity contribution in [2.75, 3.05) is 32.8 Å². The van der Waals surface area contributed by atoms with Crippen LogP contribution in [0.3, 0.4) is 0 Å². The van der Waals surface area contributed by atoms with Crippen molar-refractivity contribution in [3.8, 4) is 5.75 Å². The molecule has 4 rings (SSSR count). The summed E-state index contributed by atoms with van der Waals surface area (Å²) >= 11 is 0. The van der Waals surface area contributed by atoms with E-state index in [1.165, 1.54) is 0 Å². The van der Waals surface area contributed by atoms with Crippen LogP contribution >= 0.6 is 0 Å². The standard InChI is InChI=1S/C23H34N2O3/c1-17(2)25-16-21(28-20-6-4-3-5-7-20)22(25)18-8-12-24(13-9-18)23(26)19-10-14-27-15-11-19/h3-7,17-19,21-22H,8-16H2,1-2H3. The molecule has 0 bridgehead atoms. The molecule has 0 saturated carbocycles. The van der Waals surface area contributed by atoms with E-state index in [0.717, 1.165) is 64.3 Å². The number of carbonyl (C=O) groups is 1. The molecule has 1 aromatic carbocycles. The van der Waals surface area contributed by atoms with E-state index in [4.69, 9.17) is 9.47 Å². The minimum Gasteiger partial charge on any atom is -0.487 e. The molecule has 154 valence electrons. The molecule has 3 fully saturated rings. The van der Waals surface area contributed by atoms with E-state index in [1.807, 2.05) is 30.3 Å². The van der Waals surface area contributed by atoms with Gasteiger partial charge in [0.1, 0.15) is 11.9 Å². The van der Waals surface area contributed by atoms with Gasteiger partial charge in [-0.3, -0.25) is 9.69 Å². The van der Waals surface area contributed by atoms with Crippen molar-refractivity contribution in [3.05, 3.63) is 30.3 Å². The van der Waals surface area contributed by atoms with Crippen LogP contribution in [0.2, 0.25) is 0 Å². The Morgan fingerprint density at radius 3 is 2.39 bits per heavy atom. The second-order valence-electron chi connectivity index (χ2n) is 8.80. The van der Waals surface area contributed by atoms with Gasteiger partial charge in [-0.1, -0.05) is 18.2 Å². The van der Waals surface area contributed by atoms with Crippen LogP contribution < -0.4 is 4.74 Å². The Hall–Kier alpha value is -1.59. The van der Waals surface area contributed by atoms with Crippen molar-refractivity contribution >= 4 is 5.91 Å². The first-order chi connectivity index (χ1) is 13.6. The Morgan fingerprint density at radius 2 is 1.75 bits per heavy atom. The van der Waals surface area contributed by atoms with Gasteiger partial charge in [-0.2, -0.15) is 0 Å². The van der Waals surface area contributed by atoms with Gasteiger partial charge >= 0.3 is 0 Å². The lowest BCUT2D eigenvalue weighted by atomic mass is 9.79. The largest absolute Gasteiger partial charge is 0.487 e. The summed E-state index contributed by atoms with van der Waals surface area (Å²) in [5.74, 6) is 2.10. The van der Waals surface area contributed by atoms with Crippen molar-refractivity contribution in [3.63, 3.8) is 0 Å². The number of carbonyl (C=O) groups excluding carboxylic acids is 1. The summed E-state index contributed by atoms with van der Waals surface area (Å²) in [7, 11) is 0. The van der Waals surface area contributed by atoms with Crippen molar-refractivity contribution in [1.29, 1.82) is 0 Å². The van der Waals surface area contributed by atoms with E-state index in [1.54, 1.807) is 0 Å². The molecule has 0 aliphatic carbocycles. The fourth-order valence-corrected chi connectivity index (χ4v) is 5.09. The zero-order chi connectivity index (χ0) is 19.5. The molecular weight excluding hydrogens is 352 g/mol. The van der Waals surface area contributed by atoms with Gasteiger partial charge in [0.15, 0.2) is 0 Å². The van der Waals surface area contributed by atoms with Crippen LogP contribution in [0, 0.1) is 11.8 Å². The minimum atomic E-state index is 0.176. The summed E-state index contributed by atoms with van der Waals surface area (Å²) in [6, 6.07) is 11.2. The maximum absolute atomic E-state index is 12.8. The monoisotopic (exact) mass is 386 g/mol. The molecule has 5 heteroatoms. The summed E-state index contributed by atoms with van der Waals surface area (Å²) in [6.07, 6.45) is 4.19. The molecule has 0 aromatic heterocycles. The smallest absolute Gasteiger partial charge is 0.225 e. The van der Waals surface area contributed by atoms with E-state index in [-0.39, 0.29) is 12.0 Å². The molecule has 5 nitrogen and oxygen atoms in total. The Bertz CT molecular complexity index is 637. The van der Waals surface area contributed by atoms with Crippen LogP contribution in [0.1, 0.15) is 39.5 Å². The summed E-state index contributed by atoms with van der Waals surface area (Å²) in [5, 5.41) is 0. The maximum Gasteiger partial charge on any atom is 0.225 e. The molecule has 0 spiro atoms. The number of ether oxygens (including phenoxy) is 2. The molecule has 2 atom stereocenters. The van der Waals surface area contributed by atoms with Gasteiger partial charge in [0.05, 0.1) is 6.04 Å². The maximum atomic E-state index is 12.8. The van der Waals surface area contributed by atoms with Gasteiger partial charge < -0.3 is 14.4 Å². The Kier molecular flexibility index (Phi) is 6.22. The van der Waals surface area contributed by atoms with Crippen LogP contribution in [-0.4, -0.2) is 66.7 Å². The van der Waals surface area contributed by atoms with E-state index in [9.17, 15) is 4.79 Å². The van der Waals surface area contributed by atoms with E-state index in [0.29, 0.717) is 23.9 Å². The zero-order valence-electron chi connectivity index (χ0n) is 17.3.